The minimum atomic E-state index is -0.449. The van der Waals surface area contributed by atoms with E-state index < -0.39 is 5.60 Å². The monoisotopic (exact) mass is 368 g/mol. The van der Waals surface area contributed by atoms with Crippen LogP contribution in [0.25, 0.3) is 0 Å². The highest BCUT2D eigenvalue weighted by atomic mass is 79.9. The van der Waals surface area contributed by atoms with Crippen LogP contribution in [0.1, 0.15) is 45.6 Å². The van der Waals surface area contributed by atoms with Crippen molar-refractivity contribution < 1.29 is 9.53 Å². The summed E-state index contributed by atoms with van der Waals surface area (Å²) in [7, 11) is 0. The highest BCUT2D eigenvalue weighted by Gasteiger charge is 2.27. The van der Waals surface area contributed by atoms with E-state index in [1.807, 2.05) is 20.8 Å². The number of halogens is 1. The van der Waals surface area contributed by atoms with Gasteiger partial charge < -0.3 is 15.4 Å². The summed E-state index contributed by atoms with van der Waals surface area (Å²) in [5.41, 5.74) is 1.89. The molecule has 2 rings (SSSR count). The number of hydrogen-bond acceptors (Lipinski definition) is 3. The third-order valence-corrected chi connectivity index (χ3v) is 4.57. The molecular weight excluding hydrogens is 344 g/mol. The molecule has 2 unspecified atom stereocenters. The van der Waals surface area contributed by atoms with Gasteiger partial charge in [-0.15, -0.1) is 0 Å². The van der Waals surface area contributed by atoms with Crippen molar-refractivity contribution in [2.45, 2.75) is 64.6 Å². The average molecular weight is 369 g/mol. The summed E-state index contributed by atoms with van der Waals surface area (Å²) < 4.78 is 6.43. The Morgan fingerprint density at radius 2 is 1.95 bits per heavy atom. The molecule has 1 aromatic carbocycles. The standard InChI is InChI=1S/C17H25BrN2O2/c1-11-9-12(7-8-15(11)18)19-13-5-6-14(10-13)20-16(21)22-17(2,3)4/h7-9,13-14,19H,5-6,10H2,1-4H3,(H,20,21). The Bertz CT molecular complexity index is 540. The first kappa shape index (κ1) is 17.1. The van der Waals surface area contributed by atoms with Crippen LogP contribution in [-0.4, -0.2) is 23.8 Å². The van der Waals surface area contributed by atoms with E-state index in [0.29, 0.717) is 6.04 Å². The molecule has 0 radical (unpaired) electrons. The number of ether oxygens (including phenoxy) is 1. The van der Waals surface area contributed by atoms with Crippen molar-refractivity contribution in [3.05, 3.63) is 28.2 Å². The number of carbonyl (C=O) groups excluding carboxylic acids is 1. The smallest absolute Gasteiger partial charge is 0.407 e. The normalized spacial score (nSPS) is 21.5. The fourth-order valence-corrected chi connectivity index (χ4v) is 2.93. The number of anilines is 1. The first-order chi connectivity index (χ1) is 10.2. The molecule has 1 aromatic rings. The zero-order valence-corrected chi connectivity index (χ0v) is 15.3. The number of aryl methyl sites for hydroxylation is 1. The number of carbonyl (C=O) groups is 1. The summed E-state index contributed by atoms with van der Waals surface area (Å²) in [5, 5.41) is 6.51. The summed E-state index contributed by atoms with van der Waals surface area (Å²) in [6.45, 7) is 7.71. The number of amides is 1. The van der Waals surface area contributed by atoms with Crippen molar-refractivity contribution in [2.24, 2.45) is 0 Å². The molecule has 0 aliphatic heterocycles. The van der Waals surface area contributed by atoms with Crippen LogP contribution in [0.4, 0.5) is 10.5 Å². The van der Waals surface area contributed by atoms with Gasteiger partial charge in [0.25, 0.3) is 0 Å². The topological polar surface area (TPSA) is 50.4 Å². The molecule has 22 heavy (non-hydrogen) atoms. The maximum atomic E-state index is 11.8. The van der Waals surface area contributed by atoms with E-state index in [1.165, 1.54) is 5.56 Å². The van der Waals surface area contributed by atoms with Crippen molar-refractivity contribution in [2.75, 3.05) is 5.32 Å². The molecule has 5 heteroatoms. The van der Waals surface area contributed by atoms with Crippen molar-refractivity contribution in [3.8, 4) is 0 Å². The molecular formula is C17H25BrN2O2. The summed E-state index contributed by atoms with van der Waals surface area (Å²) in [5.74, 6) is 0. The summed E-state index contributed by atoms with van der Waals surface area (Å²) >= 11 is 3.51. The second-order valence-electron chi connectivity index (χ2n) is 6.96. The number of hydrogen-bond donors (Lipinski definition) is 2. The van der Waals surface area contributed by atoms with E-state index in [1.54, 1.807) is 0 Å². The van der Waals surface area contributed by atoms with Crippen LogP contribution in [0.3, 0.4) is 0 Å². The zero-order chi connectivity index (χ0) is 16.3. The summed E-state index contributed by atoms with van der Waals surface area (Å²) in [4.78, 5) is 11.8. The van der Waals surface area contributed by atoms with Crippen molar-refractivity contribution in [1.82, 2.24) is 5.32 Å². The first-order valence-corrected chi connectivity index (χ1v) is 8.54. The Labute approximate surface area is 141 Å². The van der Waals surface area contributed by atoms with Gasteiger partial charge in [-0.05, 0) is 70.7 Å². The molecule has 0 bridgehead atoms. The van der Waals surface area contributed by atoms with Crippen molar-refractivity contribution >= 4 is 27.7 Å². The van der Waals surface area contributed by atoms with Crippen LogP contribution < -0.4 is 10.6 Å². The number of alkyl carbamates (subject to hydrolysis) is 1. The lowest BCUT2D eigenvalue weighted by atomic mass is 10.2. The van der Waals surface area contributed by atoms with Gasteiger partial charge in [-0.3, -0.25) is 0 Å². The molecule has 0 heterocycles. The molecule has 0 aromatic heterocycles. The molecule has 2 atom stereocenters. The van der Waals surface area contributed by atoms with Crippen molar-refractivity contribution in [3.63, 3.8) is 0 Å². The molecule has 0 saturated heterocycles. The first-order valence-electron chi connectivity index (χ1n) is 7.75. The largest absolute Gasteiger partial charge is 0.444 e. The van der Waals surface area contributed by atoms with E-state index in [0.717, 1.165) is 29.4 Å². The number of rotatable bonds is 3. The van der Waals surface area contributed by atoms with Gasteiger partial charge in [0.05, 0.1) is 0 Å². The SMILES string of the molecule is Cc1cc(NC2CCC(NC(=O)OC(C)(C)C)C2)ccc1Br. The lowest BCUT2D eigenvalue weighted by molar-refractivity contribution is 0.0505. The lowest BCUT2D eigenvalue weighted by Gasteiger charge is -2.22. The molecule has 0 spiro atoms. The van der Waals surface area contributed by atoms with Crippen LogP contribution in [0, 0.1) is 6.92 Å². The molecule has 1 saturated carbocycles. The molecule has 122 valence electrons. The predicted molar refractivity (Wildman–Crippen MR) is 93.3 cm³/mol. The second-order valence-corrected chi connectivity index (χ2v) is 7.82. The fourth-order valence-electron chi connectivity index (χ4n) is 2.69. The third kappa shape index (κ3) is 5.20. The van der Waals surface area contributed by atoms with Crippen LogP contribution in [0.2, 0.25) is 0 Å². The molecule has 1 aliphatic rings. The molecule has 1 fully saturated rings. The Hall–Kier alpha value is -1.23. The van der Waals surface area contributed by atoms with E-state index in [4.69, 9.17) is 4.74 Å². The number of benzene rings is 1. The second kappa shape index (κ2) is 6.90. The van der Waals surface area contributed by atoms with Crippen LogP contribution in [-0.2, 0) is 4.74 Å². The Morgan fingerprint density at radius 1 is 1.27 bits per heavy atom. The Balaban J connectivity index is 1.82. The quantitative estimate of drug-likeness (QED) is 0.818. The van der Waals surface area contributed by atoms with Crippen LogP contribution >= 0.6 is 15.9 Å². The number of nitrogens with one attached hydrogen (secondary N) is 2. The van der Waals surface area contributed by atoms with Crippen LogP contribution in [0.15, 0.2) is 22.7 Å². The van der Waals surface area contributed by atoms with Gasteiger partial charge >= 0.3 is 6.09 Å². The lowest BCUT2D eigenvalue weighted by Crippen LogP contribution is -2.38. The van der Waals surface area contributed by atoms with Gasteiger partial charge in [-0.2, -0.15) is 0 Å². The fraction of sp³-hybridized carbons (Fsp3) is 0.588. The third-order valence-electron chi connectivity index (χ3n) is 3.68. The van der Waals surface area contributed by atoms with E-state index in [9.17, 15) is 4.79 Å². The van der Waals surface area contributed by atoms with E-state index in [-0.39, 0.29) is 12.1 Å². The van der Waals surface area contributed by atoms with Gasteiger partial charge in [0.1, 0.15) is 5.60 Å². The minimum Gasteiger partial charge on any atom is -0.444 e. The predicted octanol–water partition coefficient (Wildman–Crippen LogP) is 4.62. The maximum Gasteiger partial charge on any atom is 0.407 e. The minimum absolute atomic E-state index is 0.184. The summed E-state index contributed by atoms with van der Waals surface area (Å²) in [6.07, 6.45) is 2.63. The Morgan fingerprint density at radius 3 is 2.59 bits per heavy atom. The highest BCUT2D eigenvalue weighted by Crippen LogP contribution is 2.26. The highest BCUT2D eigenvalue weighted by molar-refractivity contribution is 9.10. The Kier molecular flexibility index (Phi) is 5.37. The van der Waals surface area contributed by atoms with Gasteiger partial charge in [0.15, 0.2) is 0 Å². The van der Waals surface area contributed by atoms with Gasteiger partial charge in [0, 0.05) is 22.2 Å². The van der Waals surface area contributed by atoms with Crippen molar-refractivity contribution in [1.29, 1.82) is 0 Å². The van der Waals surface area contributed by atoms with Crippen LogP contribution in [0.5, 0.6) is 0 Å². The molecule has 4 nitrogen and oxygen atoms in total. The van der Waals surface area contributed by atoms with Gasteiger partial charge in [-0.1, -0.05) is 15.9 Å². The maximum absolute atomic E-state index is 11.8. The average Bonchev–Trinajstić information content (AvgIpc) is 2.78. The molecule has 1 amide bonds. The summed E-state index contributed by atoms with van der Waals surface area (Å²) in [6, 6.07) is 6.84. The molecule has 1 aliphatic carbocycles. The van der Waals surface area contributed by atoms with E-state index in [2.05, 4.69) is 51.7 Å². The van der Waals surface area contributed by atoms with Gasteiger partial charge in [-0.25, -0.2) is 4.79 Å². The van der Waals surface area contributed by atoms with E-state index >= 15 is 0 Å². The zero-order valence-electron chi connectivity index (χ0n) is 13.7. The van der Waals surface area contributed by atoms with Gasteiger partial charge in [0.2, 0.25) is 0 Å². The molecule has 2 N–H and O–H groups in total.